The van der Waals surface area contributed by atoms with Gasteiger partial charge in [0.2, 0.25) is 5.88 Å². The van der Waals surface area contributed by atoms with Crippen molar-refractivity contribution in [1.29, 1.82) is 0 Å². The van der Waals surface area contributed by atoms with E-state index in [9.17, 15) is 17.2 Å². The Hall–Kier alpha value is -1.15. The highest BCUT2D eigenvalue weighted by molar-refractivity contribution is 8.13. The second kappa shape index (κ2) is 4.38. The first-order valence-electron chi connectivity index (χ1n) is 3.84. The first-order chi connectivity index (χ1) is 7.27. The fourth-order valence-electron chi connectivity index (χ4n) is 1.09. The molecule has 90 valence electrons. The smallest absolute Gasteiger partial charge is 0.270 e. The average molecular weight is 273 g/mol. The van der Waals surface area contributed by atoms with Gasteiger partial charge in [0.25, 0.3) is 15.5 Å². The Labute approximate surface area is 94.6 Å². The zero-order valence-corrected chi connectivity index (χ0v) is 9.52. The number of pyridine rings is 1. The Kier molecular flexibility index (Phi) is 3.54. The lowest BCUT2D eigenvalue weighted by Gasteiger charge is -2.10. The predicted molar refractivity (Wildman–Crippen MR) is 53.2 cm³/mol. The quantitative estimate of drug-likeness (QED) is 0.844. The Morgan fingerprint density at radius 2 is 2.12 bits per heavy atom. The van der Waals surface area contributed by atoms with Crippen LogP contribution in [0.4, 0.5) is 14.6 Å². The molecule has 0 unspecified atom stereocenters. The highest BCUT2D eigenvalue weighted by Gasteiger charge is 2.27. The Morgan fingerprint density at radius 3 is 2.50 bits per heavy atom. The van der Waals surface area contributed by atoms with Gasteiger partial charge in [-0.15, -0.1) is 0 Å². The van der Waals surface area contributed by atoms with Crippen LogP contribution in [0.25, 0.3) is 0 Å². The third kappa shape index (κ3) is 2.50. The minimum atomic E-state index is -4.34. The number of nitrogens with zero attached hydrogens (tertiary/aromatic N) is 1. The van der Waals surface area contributed by atoms with Crippen LogP contribution in [0.3, 0.4) is 0 Å². The van der Waals surface area contributed by atoms with Gasteiger partial charge >= 0.3 is 0 Å². The number of nitrogens with two attached hydrogens (primary N) is 1. The summed E-state index contributed by atoms with van der Waals surface area (Å²) in [5, 5.41) is 0. The summed E-state index contributed by atoms with van der Waals surface area (Å²) in [5.41, 5.74) is 4.35. The van der Waals surface area contributed by atoms with Crippen LogP contribution in [0.5, 0.6) is 5.88 Å². The number of methoxy groups -OCH3 is 1. The Morgan fingerprint density at radius 1 is 1.56 bits per heavy atom. The summed E-state index contributed by atoms with van der Waals surface area (Å²) in [7, 11) is 1.74. The minimum absolute atomic E-state index is 0.277. The molecule has 0 spiro atoms. The van der Waals surface area contributed by atoms with Crippen molar-refractivity contribution >= 4 is 25.6 Å². The third-order valence-corrected chi connectivity index (χ3v) is 3.04. The maximum absolute atomic E-state index is 12.7. The predicted octanol–water partition coefficient (Wildman–Crippen LogP) is 1.54. The van der Waals surface area contributed by atoms with Crippen LogP contribution < -0.4 is 10.5 Å². The van der Waals surface area contributed by atoms with Crippen LogP contribution in [-0.4, -0.2) is 20.5 Å². The summed E-state index contributed by atoms with van der Waals surface area (Å²) in [4.78, 5) is 2.64. The van der Waals surface area contributed by atoms with Crippen molar-refractivity contribution in [2.24, 2.45) is 0 Å². The van der Waals surface area contributed by atoms with E-state index in [2.05, 4.69) is 9.72 Å². The molecule has 0 aliphatic heterocycles. The first kappa shape index (κ1) is 12.9. The monoisotopic (exact) mass is 272 g/mol. The Bertz CT molecular complexity index is 507. The highest BCUT2D eigenvalue weighted by Crippen LogP contribution is 2.35. The maximum Gasteiger partial charge on any atom is 0.270 e. The molecule has 0 aliphatic carbocycles. The topological polar surface area (TPSA) is 82.3 Å². The van der Waals surface area contributed by atoms with Crippen molar-refractivity contribution in [3.63, 3.8) is 0 Å². The molecular weight excluding hydrogens is 266 g/mol. The molecule has 1 aromatic heterocycles. The van der Waals surface area contributed by atoms with Gasteiger partial charge in [0, 0.05) is 16.7 Å². The molecule has 1 aromatic rings. The van der Waals surface area contributed by atoms with Crippen LogP contribution in [0.15, 0.2) is 11.0 Å². The largest absolute Gasteiger partial charge is 0.481 e. The van der Waals surface area contributed by atoms with Gasteiger partial charge in [-0.25, -0.2) is 17.2 Å². The molecule has 0 saturated heterocycles. The molecule has 5 nitrogen and oxygen atoms in total. The summed E-state index contributed by atoms with van der Waals surface area (Å²) >= 11 is 0. The molecule has 1 heterocycles. The number of alkyl halides is 2. The standard InChI is InChI=1S/C7H7ClF2N2O3S/c1-15-7-5(6(9)10)3(16(8,13)14)2-4(11)12-7/h2,6H,1H3,(H2,11,12). The number of ether oxygens (including phenoxy) is 1. The van der Waals surface area contributed by atoms with Gasteiger partial charge in [0.05, 0.1) is 12.7 Å². The lowest BCUT2D eigenvalue weighted by molar-refractivity contribution is 0.142. The molecule has 0 fully saturated rings. The fourth-order valence-corrected chi connectivity index (χ4v) is 2.17. The van der Waals surface area contributed by atoms with Gasteiger partial charge in [-0.3, -0.25) is 0 Å². The maximum atomic E-state index is 12.7. The molecule has 0 aliphatic rings. The second-order valence-electron chi connectivity index (χ2n) is 2.71. The van der Waals surface area contributed by atoms with Gasteiger partial charge < -0.3 is 10.5 Å². The van der Waals surface area contributed by atoms with E-state index in [0.29, 0.717) is 0 Å². The normalized spacial score (nSPS) is 11.8. The van der Waals surface area contributed by atoms with Gasteiger partial charge in [0.1, 0.15) is 10.7 Å². The van der Waals surface area contributed by atoms with E-state index in [1.165, 1.54) is 0 Å². The lowest BCUT2D eigenvalue weighted by atomic mass is 10.2. The number of nitrogen functional groups attached to an aromatic ring is 1. The summed E-state index contributed by atoms with van der Waals surface area (Å²) in [6.45, 7) is 0. The van der Waals surface area contributed by atoms with E-state index in [4.69, 9.17) is 16.4 Å². The van der Waals surface area contributed by atoms with Crippen LogP contribution in [-0.2, 0) is 9.05 Å². The van der Waals surface area contributed by atoms with Crippen molar-refractivity contribution in [3.05, 3.63) is 11.6 Å². The Balaban J connectivity index is 3.64. The van der Waals surface area contributed by atoms with Crippen LogP contribution in [0.1, 0.15) is 12.0 Å². The van der Waals surface area contributed by atoms with Gasteiger partial charge in [0.15, 0.2) is 0 Å². The molecule has 0 bridgehead atoms. The molecule has 1 rings (SSSR count). The fraction of sp³-hybridized carbons (Fsp3) is 0.286. The summed E-state index contributed by atoms with van der Waals surface area (Å²) in [5.74, 6) is -0.838. The zero-order valence-electron chi connectivity index (χ0n) is 7.95. The lowest BCUT2D eigenvalue weighted by Crippen LogP contribution is -2.06. The van der Waals surface area contributed by atoms with E-state index in [-0.39, 0.29) is 5.82 Å². The van der Waals surface area contributed by atoms with Crippen LogP contribution >= 0.6 is 10.7 Å². The van der Waals surface area contributed by atoms with E-state index in [0.717, 1.165) is 13.2 Å². The molecular formula is C7H7ClF2N2O3S. The summed E-state index contributed by atoms with van der Waals surface area (Å²) in [6.07, 6.45) is -3.09. The number of aromatic nitrogens is 1. The van der Waals surface area contributed by atoms with Crippen molar-refractivity contribution in [3.8, 4) is 5.88 Å². The zero-order chi connectivity index (χ0) is 12.5. The molecule has 0 atom stereocenters. The molecule has 0 amide bonds. The van der Waals surface area contributed by atoms with Crippen molar-refractivity contribution in [2.75, 3.05) is 12.8 Å². The summed E-state index contributed by atoms with van der Waals surface area (Å²) in [6, 6.07) is 0.756. The van der Waals surface area contributed by atoms with Crippen molar-refractivity contribution in [2.45, 2.75) is 11.3 Å². The average Bonchev–Trinajstić information content (AvgIpc) is 2.14. The number of halogens is 3. The minimum Gasteiger partial charge on any atom is -0.481 e. The number of rotatable bonds is 3. The summed E-state index contributed by atoms with van der Waals surface area (Å²) < 4.78 is 52.0. The molecule has 0 aromatic carbocycles. The molecule has 0 radical (unpaired) electrons. The van der Waals surface area contributed by atoms with Crippen LogP contribution in [0, 0.1) is 0 Å². The molecule has 9 heteroatoms. The van der Waals surface area contributed by atoms with Gasteiger partial charge in [-0.1, -0.05) is 0 Å². The molecule has 2 N–H and O–H groups in total. The number of anilines is 1. The molecule has 0 saturated carbocycles. The first-order valence-corrected chi connectivity index (χ1v) is 6.15. The van der Waals surface area contributed by atoms with Crippen molar-refractivity contribution < 1.29 is 21.9 Å². The van der Waals surface area contributed by atoms with E-state index < -0.39 is 31.8 Å². The number of hydrogen-bond acceptors (Lipinski definition) is 5. The van der Waals surface area contributed by atoms with Crippen molar-refractivity contribution in [1.82, 2.24) is 4.98 Å². The third-order valence-electron chi connectivity index (χ3n) is 1.68. The second-order valence-corrected chi connectivity index (χ2v) is 5.24. The van der Waals surface area contributed by atoms with E-state index in [1.807, 2.05) is 0 Å². The SMILES string of the molecule is COc1nc(N)cc(S(=O)(=O)Cl)c1C(F)F. The highest BCUT2D eigenvalue weighted by atomic mass is 35.7. The van der Waals surface area contributed by atoms with Crippen LogP contribution in [0.2, 0.25) is 0 Å². The van der Waals surface area contributed by atoms with Gasteiger partial charge in [-0.05, 0) is 0 Å². The van der Waals surface area contributed by atoms with E-state index in [1.54, 1.807) is 0 Å². The van der Waals surface area contributed by atoms with Gasteiger partial charge in [-0.2, -0.15) is 4.98 Å². The molecule has 16 heavy (non-hydrogen) atoms. The number of hydrogen-bond donors (Lipinski definition) is 1. The van der Waals surface area contributed by atoms with E-state index >= 15 is 0 Å².